The van der Waals surface area contributed by atoms with Crippen LogP contribution in [0, 0.1) is 0 Å². The first-order valence-corrected chi connectivity index (χ1v) is 10.4. The summed E-state index contributed by atoms with van der Waals surface area (Å²) < 4.78 is 32.9. The van der Waals surface area contributed by atoms with E-state index >= 15 is 0 Å². The average Bonchev–Trinajstić information content (AvgIpc) is 3.05. The minimum atomic E-state index is -3.60. The van der Waals surface area contributed by atoms with E-state index in [1.165, 1.54) is 18.2 Å². The van der Waals surface area contributed by atoms with Gasteiger partial charge in [-0.05, 0) is 44.4 Å². The Balaban J connectivity index is 1.98. The summed E-state index contributed by atoms with van der Waals surface area (Å²) in [5.74, 6) is 0.0331. The van der Waals surface area contributed by atoms with Crippen LogP contribution in [-0.2, 0) is 14.8 Å². The number of halogens is 1. The van der Waals surface area contributed by atoms with Gasteiger partial charge in [0.1, 0.15) is 5.75 Å². The summed E-state index contributed by atoms with van der Waals surface area (Å²) in [4.78, 5) is 11.8. The van der Waals surface area contributed by atoms with Gasteiger partial charge in [0.05, 0.1) is 9.92 Å². The lowest BCUT2D eigenvalue weighted by atomic mass is 10.2. The van der Waals surface area contributed by atoms with Crippen molar-refractivity contribution >= 4 is 27.5 Å². The second kappa shape index (κ2) is 8.87. The molecule has 0 bridgehead atoms. The molecular weight excluding hydrogens is 364 g/mol. The zero-order valence-electron chi connectivity index (χ0n) is 14.5. The first-order chi connectivity index (χ1) is 11.8. The summed E-state index contributed by atoms with van der Waals surface area (Å²) in [6.07, 6.45) is 4.63. The molecule has 0 heterocycles. The van der Waals surface area contributed by atoms with Gasteiger partial charge >= 0.3 is 0 Å². The van der Waals surface area contributed by atoms with Crippen molar-refractivity contribution in [1.29, 1.82) is 0 Å². The Kier molecular flexibility index (Phi) is 7.10. The van der Waals surface area contributed by atoms with Crippen LogP contribution in [0.25, 0.3) is 0 Å². The minimum Gasteiger partial charge on any atom is -0.482 e. The highest BCUT2D eigenvalue weighted by Gasteiger charge is 2.23. The molecule has 1 fully saturated rings. The molecule has 0 aromatic heterocycles. The fraction of sp³-hybridized carbons (Fsp3) is 0.588. The molecule has 8 heteroatoms. The van der Waals surface area contributed by atoms with Gasteiger partial charge in [0, 0.05) is 12.1 Å². The third-order valence-corrected chi connectivity index (χ3v) is 6.08. The molecule has 1 amide bonds. The van der Waals surface area contributed by atoms with Crippen LogP contribution in [0.5, 0.6) is 5.75 Å². The van der Waals surface area contributed by atoms with Crippen LogP contribution >= 0.6 is 11.6 Å². The molecule has 1 aliphatic rings. The highest BCUT2D eigenvalue weighted by atomic mass is 35.5. The highest BCUT2D eigenvalue weighted by molar-refractivity contribution is 7.89. The van der Waals surface area contributed by atoms with Gasteiger partial charge in [0.15, 0.2) is 6.61 Å². The van der Waals surface area contributed by atoms with Gasteiger partial charge in [-0.2, -0.15) is 0 Å². The fourth-order valence-corrected chi connectivity index (χ4v) is 4.29. The van der Waals surface area contributed by atoms with Crippen LogP contribution < -0.4 is 14.8 Å². The van der Waals surface area contributed by atoms with E-state index in [0.29, 0.717) is 0 Å². The number of amides is 1. The van der Waals surface area contributed by atoms with Gasteiger partial charge < -0.3 is 10.1 Å². The molecule has 1 atom stereocenters. The average molecular weight is 389 g/mol. The Bertz CT molecular complexity index is 703. The topological polar surface area (TPSA) is 84.5 Å². The zero-order chi connectivity index (χ0) is 18.4. The molecule has 1 aliphatic carbocycles. The predicted octanol–water partition coefficient (Wildman–Crippen LogP) is 2.85. The lowest BCUT2D eigenvalue weighted by Crippen LogP contribution is -2.35. The van der Waals surface area contributed by atoms with Crippen LogP contribution in [0.4, 0.5) is 0 Å². The Morgan fingerprint density at radius 1 is 1.36 bits per heavy atom. The zero-order valence-corrected chi connectivity index (χ0v) is 16.1. The largest absolute Gasteiger partial charge is 0.482 e. The van der Waals surface area contributed by atoms with Crippen molar-refractivity contribution in [2.75, 3.05) is 6.61 Å². The standard InChI is InChI=1S/C17H25ClN2O4S/c1-3-12(2)19-17(21)11-24-16-9-8-14(10-15(16)18)25(22,23)20-13-6-4-5-7-13/h8-10,12-13,20H,3-7,11H2,1-2H3,(H,19,21)/t12-/m1/s1. The quantitative estimate of drug-likeness (QED) is 0.717. The number of carbonyl (C=O) groups is 1. The van der Waals surface area contributed by atoms with Gasteiger partial charge in [-0.25, -0.2) is 13.1 Å². The van der Waals surface area contributed by atoms with Crippen LogP contribution in [0.1, 0.15) is 46.0 Å². The summed E-state index contributed by atoms with van der Waals surface area (Å²) in [7, 11) is -3.60. The summed E-state index contributed by atoms with van der Waals surface area (Å²) in [6, 6.07) is 4.32. The van der Waals surface area contributed by atoms with E-state index in [-0.39, 0.29) is 40.3 Å². The van der Waals surface area contributed by atoms with Crippen LogP contribution in [0.2, 0.25) is 5.02 Å². The Labute approximate surface area is 154 Å². The molecule has 0 aliphatic heterocycles. The Hall–Kier alpha value is -1.31. The number of hydrogen-bond donors (Lipinski definition) is 2. The number of carbonyl (C=O) groups excluding carboxylic acids is 1. The van der Waals surface area contributed by atoms with E-state index in [1.54, 1.807) is 0 Å². The summed E-state index contributed by atoms with van der Waals surface area (Å²) in [5, 5.41) is 2.94. The van der Waals surface area contributed by atoms with Gasteiger partial charge in [-0.15, -0.1) is 0 Å². The number of ether oxygens (including phenoxy) is 1. The summed E-state index contributed by atoms with van der Waals surface area (Å²) in [5.41, 5.74) is 0. The van der Waals surface area contributed by atoms with Crippen molar-refractivity contribution in [2.45, 2.75) is 62.9 Å². The van der Waals surface area contributed by atoms with Gasteiger partial charge in [0.2, 0.25) is 10.0 Å². The normalized spacial score (nSPS) is 16.6. The van der Waals surface area contributed by atoms with Crippen molar-refractivity contribution in [3.05, 3.63) is 23.2 Å². The molecule has 2 rings (SSSR count). The molecule has 0 radical (unpaired) electrons. The SMILES string of the molecule is CC[C@@H](C)NC(=O)COc1ccc(S(=O)(=O)NC2CCCC2)cc1Cl. The molecule has 25 heavy (non-hydrogen) atoms. The maximum absolute atomic E-state index is 12.4. The molecule has 140 valence electrons. The molecule has 2 N–H and O–H groups in total. The summed E-state index contributed by atoms with van der Waals surface area (Å²) >= 11 is 6.12. The monoisotopic (exact) mass is 388 g/mol. The molecule has 0 unspecified atom stereocenters. The maximum atomic E-state index is 12.4. The number of rotatable bonds is 8. The molecule has 0 saturated heterocycles. The van der Waals surface area contributed by atoms with Crippen LogP contribution in [-0.4, -0.2) is 33.0 Å². The van der Waals surface area contributed by atoms with Crippen molar-refractivity contribution in [2.24, 2.45) is 0 Å². The van der Waals surface area contributed by atoms with E-state index < -0.39 is 10.0 Å². The third kappa shape index (κ3) is 5.87. The molecule has 1 saturated carbocycles. The van der Waals surface area contributed by atoms with Crippen molar-refractivity contribution < 1.29 is 17.9 Å². The van der Waals surface area contributed by atoms with Crippen molar-refractivity contribution in [3.8, 4) is 5.75 Å². The molecule has 6 nitrogen and oxygen atoms in total. The second-order valence-electron chi connectivity index (χ2n) is 6.36. The smallest absolute Gasteiger partial charge is 0.258 e. The van der Waals surface area contributed by atoms with Crippen LogP contribution in [0.3, 0.4) is 0 Å². The van der Waals surface area contributed by atoms with Crippen LogP contribution in [0.15, 0.2) is 23.1 Å². The lowest BCUT2D eigenvalue weighted by Gasteiger charge is -2.14. The van der Waals surface area contributed by atoms with E-state index in [0.717, 1.165) is 32.1 Å². The van der Waals surface area contributed by atoms with E-state index in [2.05, 4.69) is 10.0 Å². The Morgan fingerprint density at radius 3 is 2.64 bits per heavy atom. The van der Waals surface area contributed by atoms with Crippen molar-refractivity contribution in [3.63, 3.8) is 0 Å². The first-order valence-electron chi connectivity index (χ1n) is 8.56. The first kappa shape index (κ1) is 20.0. The maximum Gasteiger partial charge on any atom is 0.258 e. The van der Waals surface area contributed by atoms with E-state index in [4.69, 9.17) is 16.3 Å². The van der Waals surface area contributed by atoms with Gasteiger partial charge in [-0.3, -0.25) is 4.79 Å². The number of nitrogens with one attached hydrogen (secondary N) is 2. The van der Waals surface area contributed by atoms with Gasteiger partial charge in [0.25, 0.3) is 5.91 Å². The molecule has 1 aromatic carbocycles. The van der Waals surface area contributed by atoms with E-state index in [9.17, 15) is 13.2 Å². The fourth-order valence-electron chi connectivity index (χ4n) is 2.66. The highest BCUT2D eigenvalue weighted by Crippen LogP contribution is 2.28. The molecular formula is C17H25ClN2O4S. The third-order valence-electron chi connectivity index (χ3n) is 4.27. The minimum absolute atomic E-state index is 0.0102. The Morgan fingerprint density at radius 2 is 2.04 bits per heavy atom. The number of hydrogen-bond acceptors (Lipinski definition) is 4. The predicted molar refractivity (Wildman–Crippen MR) is 97.4 cm³/mol. The lowest BCUT2D eigenvalue weighted by molar-refractivity contribution is -0.123. The van der Waals surface area contributed by atoms with E-state index in [1.807, 2.05) is 13.8 Å². The molecule has 1 aromatic rings. The number of sulfonamides is 1. The van der Waals surface area contributed by atoms with Gasteiger partial charge in [-0.1, -0.05) is 31.4 Å². The number of benzene rings is 1. The van der Waals surface area contributed by atoms with Crippen molar-refractivity contribution in [1.82, 2.24) is 10.0 Å². The summed E-state index contributed by atoms with van der Waals surface area (Å²) in [6.45, 7) is 3.71. The second-order valence-corrected chi connectivity index (χ2v) is 8.48. The molecule has 0 spiro atoms.